The second kappa shape index (κ2) is 9.89. The first-order valence-corrected chi connectivity index (χ1v) is 11.9. The summed E-state index contributed by atoms with van der Waals surface area (Å²) in [5.41, 5.74) is 0.830. The van der Waals surface area contributed by atoms with E-state index in [4.69, 9.17) is 4.74 Å². The number of carbonyl (C=O) groups is 1. The number of hydrogen-bond acceptors (Lipinski definition) is 4. The number of benzene rings is 2. The van der Waals surface area contributed by atoms with Crippen molar-refractivity contribution in [3.8, 4) is 5.75 Å². The van der Waals surface area contributed by atoms with E-state index in [2.05, 4.69) is 26.0 Å². The lowest BCUT2D eigenvalue weighted by molar-refractivity contribution is -0.126. The maximum atomic E-state index is 12.9. The molecule has 1 amide bonds. The molecule has 2 N–H and O–H groups in total. The number of ether oxygens (including phenoxy) is 1. The molecule has 1 fully saturated rings. The van der Waals surface area contributed by atoms with Crippen LogP contribution < -0.4 is 14.8 Å². The highest BCUT2D eigenvalue weighted by Crippen LogP contribution is 2.29. The van der Waals surface area contributed by atoms with E-state index in [0.29, 0.717) is 42.5 Å². The Bertz CT molecular complexity index is 991. The Morgan fingerprint density at radius 2 is 1.80 bits per heavy atom. The fourth-order valence-electron chi connectivity index (χ4n) is 3.51. The van der Waals surface area contributed by atoms with Crippen LogP contribution in [0, 0.1) is 11.7 Å². The van der Waals surface area contributed by atoms with Crippen LogP contribution >= 0.6 is 15.9 Å². The van der Waals surface area contributed by atoms with Crippen molar-refractivity contribution in [3.05, 3.63) is 58.3 Å². The van der Waals surface area contributed by atoms with Crippen LogP contribution in [0.2, 0.25) is 0 Å². The van der Waals surface area contributed by atoms with Gasteiger partial charge in [-0.2, -0.15) is 0 Å². The lowest BCUT2D eigenvalue weighted by atomic mass is 9.86. The first-order chi connectivity index (χ1) is 14.3. The molecule has 0 spiro atoms. The Labute approximate surface area is 184 Å². The summed E-state index contributed by atoms with van der Waals surface area (Å²) in [5, 5.41) is 2.88. The predicted molar refractivity (Wildman–Crippen MR) is 115 cm³/mol. The molecule has 0 aliphatic heterocycles. The molecule has 3 rings (SSSR count). The van der Waals surface area contributed by atoms with Crippen molar-refractivity contribution in [2.75, 3.05) is 7.11 Å². The van der Waals surface area contributed by atoms with Gasteiger partial charge in [-0.1, -0.05) is 12.1 Å². The van der Waals surface area contributed by atoms with Gasteiger partial charge >= 0.3 is 0 Å². The number of carbonyl (C=O) groups excluding carboxylic acids is 1. The van der Waals surface area contributed by atoms with Crippen LogP contribution in [0.15, 0.2) is 51.8 Å². The molecule has 0 atom stereocenters. The molecule has 2 aromatic rings. The zero-order valence-corrected chi connectivity index (χ0v) is 18.9. The van der Waals surface area contributed by atoms with Gasteiger partial charge in [0.05, 0.1) is 16.5 Å². The van der Waals surface area contributed by atoms with Gasteiger partial charge in [0.1, 0.15) is 11.6 Å². The lowest BCUT2D eigenvalue weighted by Crippen LogP contribution is -2.40. The topological polar surface area (TPSA) is 84.5 Å². The molecule has 0 saturated heterocycles. The third-order valence-electron chi connectivity index (χ3n) is 5.23. The lowest BCUT2D eigenvalue weighted by Gasteiger charge is -2.28. The average Bonchev–Trinajstić information content (AvgIpc) is 2.73. The van der Waals surface area contributed by atoms with E-state index in [0.717, 1.165) is 5.56 Å². The van der Waals surface area contributed by atoms with Crippen molar-refractivity contribution >= 4 is 31.9 Å². The Morgan fingerprint density at radius 1 is 1.13 bits per heavy atom. The van der Waals surface area contributed by atoms with Gasteiger partial charge < -0.3 is 10.1 Å². The molecule has 0 aromatic heterocycles. The number of amides is 1. The molecule has 6 nitrogen and oxygen atoms in total. The summed E-state index contributed by atoms with van der Waals surface area (Å²) in [7, 11) is -2.15. The smallest absolute Gasteiger partial charge is 0.240 e. The molecule has 2 aromatic carbocycles. The van der Waals surface area contributed by atoms with Crippen LogP contribution in [0.25, 0.3) is 0 Å². The highest BCUT2D eigenvalue weighted by atomic mass is 79.9. The molecule has 0 heterocycles. The predicted octanol–water partition coefficient (Wildman–Crippen LogP) is 3.75. The van der Waals surface area contributed by atoms with Gasteiger partial charge in [-0.15, -0.1) is 0 Å². The van der Waals surface area contributed by atoms with Gasteiger partial charge in [0, 0.05) is 18.5 Å². The van der Waals surface area contributed by atoms with Crippen molar-refractivity contribution in [3.63, 3.8) is 0 Å². The molecule has 1 saturated carbocycles. The number of nitrogens with one attached hydrogen (secondary N) is 2. The third kappa shape index (κ3) is 5.80. The van der Waals surface area contributed by atoms with Gasteiger partial charge in [-0.25, -0.2) is 17.5 Å². The number of hydrogen-bond donors (Lipinski definition) is 2. The molecule has 0 radical (unpaired) electrons. The molecule has 162 valence electrons. The van der Waals surface area contributed by atoms with Crippen molar-refractivity contribution in [1.82, 2.24) is 10.0 Å². The van der Waals surface area contributed by atoms with Crippen LogP contribution in [0.5, 0.6) is 5.75 Å². The van der Waals surface area contributed by atoms with Crippen LogP contribution in [-0.4, -0.2) is 27.5 Å². The fraction of sp³-hybridized carbons (Fsp3) is 0.381. The highest BCUT2D eigenvalue weighted by molar-refractivity contribution is 9.10. The van der Waals surface area contributed by atoms with Crippen molar-refractivity contribution in [2.45, 2.75) is 43.2 Å². The second-order valence-electron chi connectivity index (χ2n) is 7.31. The normalized spacial score (nSPS) is 19.3. The minimum atomic E-state index is -3.66. The van der Waals surface area contributed by atoms with Gasteiger partial charge in [0.2, 0.25) is 15.9 Å². The largest absolute Gasteiger partial charge is 0.496 e. The summed E-state index contributed by atoms with van der Waals surface area (Å²) in [6.45, 7) is 0.345. The summed E-state index contributed by atoms with van der Waals surface area (Å²) in [5.74, 6) is 0.0370. The number of sulfonamides is 1. The minimum absolute atomic E-state index is 0.0558. The zero-order chi connectivity index (χ0) is 21.7. The molecular weight excluding hydrogens is 475 g/mol. The summed E-state index contributed by atoms with van der Waals surface area (Å²) < 4.78 is 46.7. The molecule has 30 heavy (non-hydrogen) atoms. The third-order valence-corrected chi connectivity index (χ3v) is 7.37. The highest BCUT2D eigenvalue weighted by Gasteiger charge is 2.29. The van der Waals surface area contributed by atoms with E-state index in [-0.39, 0.29) is 28.6 Å². The Balaban J connectivity index is 1.50. The first kappa shape index (κ1) is 22.7. The van der Waals surface area contributed by atoms with E-state index >= 15 is 0 Å². The van der Waals surface area contributed by atoms with Crippen LogP contribution in [0.1, 0.15) is 31.2 Å². The van der Waals surface area contributed by atoms with Crippen LogP contribution in [0.4, 0.5) is 4.39 Å². The summed E-state index contributed by atoms with van der Waals surface area (Å²) >= 11 is 3.30. The summed E-state index contributed by atoms with van der Waals surface area (Å²) in [6.07, 6.45) is 2.39. The van der Waals surface area contributed by atoms with Crippen molar-refractivity contribution < 1.29 is 22.3 Å². The molecule has 9 heteroatoms. The van der Waals surface area contributed by atoms with Gasteiger partial charge in [0.15, 0.2) is 0 Å². The average molecular weight is 499 g/mol. The van der Waals surface area contributed by atoms with E-state index < -0.39 is 10.0 Å². The van der Waals surface area contributed by atoms with Crippen molar-refractivity contribution in [2.24, 2.45) is 5.92 Å². The van der Waals surface area contributed by atoms with Crippen molar-refractivity contribution in [1.29, 1.82) is 0 Å². The fourth-order valence-corrected chi connectivity index (χ4v) is 5.53. The second-order valence-corrected chi connectivity index (χ2v) is 9.88. The maximum Gasteiger partial charge on any atom is 0.240 e. The van der Waals surface area contributed by atoms with Gasteiger partial charge in [0.25, 0.3) is 0 Å². The summed E-state index contributed by atoms with van der Waals surface area (Å²) in [6, 6.07) is 10.4. The maximum absolute atomic E-state index is 12.9. The Morgan fingerprint density at radius 3 is 2.40 bits per heavy atom. The number of rotatable bonds is 7. The van der Waals surface area contributed by atoms with Gasteiger partial charge in [-0.05, 0) is 77.5 Å². The Hall–Kier alpha value is -1.97. The van der Waals surface area contributed by atoms with E-state index in [1.54, 1.807) is 18.2 Å². The van der Waals surface area contributed by atoms with Crippen LogP contribution in [0.3, 0.4) is 0 Å². The molecule has 0 unspecified atom stereocenters. The number of halogens is 2. The van der Waals surface area contributed by atoms with Crippen LogP contribution in [-0.2, 0) is 21.4 Å². The zero-order valence-electron chi connectivity index (χ0n) is 16.5. The van der Waals surface area contributed by atoms with E-state index in [9.17, 15) is 17.6 Å². The summed E-state index contributed by atoms with van der Waals surface area (Å²) in [4.78, 5) is 12.6. The molecule has 1 aliphatic rings. The van der Waals surface area contributed by atoms with E-state index in [1.165, 1.54) is 31.4 Å². The standard InChI is InChI=1S/C21H24BrFN2O4S/c1-29-20-11-10-18(12-19(20)22)30(27,28)25-17-8-4-15(5-9-17)21(26)24-13-14-2-6-16(23)7-3-14/h2-3,6-7,10-12,15,17,25H,4-5,8-9,13H2,1H3,(H,24,26). The molecule has 0 bridgehead atoms. The van der Waals surface area contributed by atoms with E-state index in [1.807, 2.05) is 0 Å². The number of methoxy groups -OCH3 is 1. The first-order valence-electron chi connectivity index (χ1n) is 9.66. The minimum Gasteiger partial charge on any atom is -0.496 e. The molecule has 1 aliphatic carbocycles. The Kier molecular flexibility index (Phi) is 7.49. The quantitative estimate of drug-likeness (QED) is 0.608. The molecular formula is C21H24BrFN2O4S. The monoisotopic (exact) mass is 498 g/mol. The SMILES string of the molecule is COc1ccc(S(=O)(=O)NC2CCC(C(=O)NCc3ccc(F)cc3)CC2)cc1Br. The van der Waals surface area contributed by atoms with Gasteiger partial charge in [-0.3, -0.25) is 4.79 Å².